The topological polar surface area (TPSA) is 36.1 Å². The molecule has 3 heteroatoms. The van der Waals surface area contributed by atoms with E-state index in [1.165, 1.54) is 0 Å². The molecular weight excluding hydrogens is 224 g/mol. The van der Waals surface area contributed by atoms with Crippen molar-refractivity contribution >= 4 is 16.8 Å². The Balaban J connectivity index is 2.26. The van der Waals surface area contributed by atoms with Crippen LogP contribution < -0.4 is 0 Å². The van der Waals surface area contributed by atoms with Crippen LogP contribution in [-0.4, -0.2) is 28.9 Å². The minimum Gasteiger partial charge on any atom is -0.361 e. The zero-order chi connectivity index (χ0) is 13.1. The largest absolute Gasteiger partial charge is 0.361 e. The molecule has 1 amide bonds. The smallest absolute Gasteiger partial charge is 0.253 e. The third kappa shape index (κ3) is 2.26. The van der Waals surface area contributed by atoms with E-state index in [1.54, 1.807) is 0 Å². The molecule has 0 saturated carbocycles. The molecular formula is C15H20N2O. The van der Waals surface area contributed by atoms with Crippen molar-refractivity contribution < 1.29 is 4.79 Å². The van der Waals surface area contributed by atoms with E-state index in [0.29, 0.717) is 6.04 Å². The monoisotopic (exact) mass is 244 g/mol. The number of amides is 1. The second kappa shape index (κ2) is 5.25. The SMILES string of the molecule is CCC(CC)N(C)C(=O)c1ccc2[nH]ccc2c1. The molecule has 0 bridgehead atoms. The fourth-order valence-electron chi connectivity index (χ4n) is 2.39. The summed E-state index contributed by atoms with van der Waals surface area (Å²) in [6, 6.07) is 8.11. The highest BCUT2D eigenvalue weighted by molar-refractivity contribution is 5.98. The molecule has 0 radical (unpaired) electrons. The van der Waals surface area contributed by atoms with Crippen molar-refractivity contribution in [2.24, 2.45) is 0 Å². The summed E-state index contributed by atoms with van der Waals surface area (Å²) in [4.78, 5) is 17.4. The number of rotatable bonds is 4. The van der Waals surface area contributed by atoms with Gasteiger partial charge in [-0.2, -0.15) is 0 Å². The van der Waals surface area contributed by atoms with Crippen molar-refractivity contribution in [1.82, 2.24) is 9.88 Å². The molecule has 0 aliphatic rings. The number of fused-ring (bicyclic) bond motifs is 1. The number of nitrogens with one attached hydrogen (secondary N) is 1. The van der Waals surface area contributed by atoms with E-state index >= 15 is 0 Å². The first-order chi connectivity index (χ1) is 8.67. The number of hydrogen-bond acceptors (Lipinski definition) is 1. The van der Waals surface area contributed by atoms with Crippen molar-refractivity contribution in [2.45, 2.75) is 32.7 Å². The Bertz CT molecular complexity index is 540. The average Bonchev–Trinajstić information content (AvgIpc) is 2.86. The number of hydrogen-bond donors (Lipinski definition) is 1. The number of aromatic amines is 1. The summed E-state index contributed by atoms with van der Waals surface area (Å²) < 4.78 is 0. The van der Waals surface area contributed by atoms with Gasteiger partial charge in [0.2, 0.25) is 0 Å². The van der Waals surface area contributed by atoms with E-state index in [2.05, 4.69) is 18.8 Å². The quantitative estimate of drug-likeness (QED) is 0.878. The minimum absolute atomic E-state index is 0.104. The van der Waals surface area contributed by atoms with Crippen LogP contribution >= 0.6 is 0 Å². The summed E-state index contributed by atoms with van der Waals surface area (Å²) in [6.07, 6.45) is 3.87. The van der Waals surface area contributed by atoms with Crippen molar-refractivity contribution in [3.05, 3.63) is 36.0 Å². The predicted octanol–water partition coefficient (Wildman–Crippen LogP) is 3.43. The molecule has 3 nitrogen and oxygen atoms in total. The third-order valence-electron chi connectivity index (χ3n) is 3.61. The molecule has 0 saturated heterocycles. The molecule has 0 fully saturated rings. The van der Waals surface area contributed by atoms with Crippen LogP contribution in [0.3, 0.4) is 0 Å². The third-order valence-corrected chi connectivity index (χ3v) is 3.61. The lowest BCUT2D eigenvalue weighted by Gasteiger charge is -2.26. The lowest BCUT2D eigenvalue weighted by Crippen LogP contribution is -2.36. The number of carbonyl (C=O) groups is 1. The Morgan fingerprint density at radius 1 is 1.28 bits per heavy atom. The minimum atomic E-state index is 0.104. The maximum atomic E-state index is 12.4. The van der Waals surface area contributed by atoms with Crippen LogP contribution in [0, 0.1) is 0 Å². The van der Waals surface area contributed by atoms with Crippen molar-refractivity contribution in [3.8, 4) is 0 Å². The van der Waals surface area contributed by atoms with Crippen LogP contribution in [0.5, 0.6) is 0 Å². The standard InChI is InChI=1S/C15H20N2O/c1-4-13(5-2)17(3)15(18)12-6-7-14-11(10-12)8-9-16-14/h6-10,13,16H,4-5H2,1-3H3. The Morgan fingerprint density at radius 2 is 2.00 bits per heavy atom. The van der Waals surface area contributed by atoms with Gasteiger partial charge in [-0.3, -0.25) is 4.79 Å². The number of benzene rings is 1. The molecule has 2 aromatic rings. The zero-order valence-corrected chi connectivity index (χ0v) is 11.2. The van der Waals surface area contributed by atoms with E-state index in [9.17, 15) is 4.79 Å². The van der Waals surface area contributed by atoms with Crippen LogP contribution in [0.4, 0.5) is 0 Å². The molecule has 1 aromatic heterocycles. The average molecular weight is 244 g/mol. The van der Waals surface area contributed by atoms with Crippen LogP contribution in [0.2, 0.25) is 0 Å². The molecule has 1 aromatic carbocycles. The van der Waals surface area contributed by atoms with Gasteiger partial charge in [0.1, 0.15) is 0 Å². The summed E-state index contributed by atoms with van der Waals surface area (Å²) in [5, 5.41) is 1.08. The van der Waals surface area contributed by atoms with Gasteiger partial charge in [-0.25, -0.2) is 0 Å². The number of aromatic nitrogens is 1. The van der Waals surface area contributed by atoms with Gasteiger partial charge in [0.25, 0.3) is 5.91 Å². The first-order valence-electron chi connectivity index (χ1n) is 6.51. The Morgan fingerprint density at radius 3 is 2.67 bits per heavy atom. The van der Waals surface area contributed by atoms with Gasteiger partial charge in [-0.1, -0.05) is 13.8 Å². The predicted molar refractivity (Wildman–Crippen MR) is 74.8 cm³/mol. The lowest BCUT2D eigenvalue weighted by molar-refractivity contribution is 0.0724. The van der Waals surface area contributed by atoms with Crippen molar-refractivity contribution in [2.75, 3.05) is 7.05 Å². The highest BCUT2D eigenvalue weighted by Crippen LogP contribution is 2.17. The van der Waals surface area contributed by atoms with Gasteiger partial charge in [-0.15, -0.1) is 0 Å². The number of H-pyrrole nitrogens is 1. The van der Waals surface area contributed by atoms with E-state index in [-0.39, 0.29) is 5.91 Å². The molecule has 0 aliphatic carbocycles. The van der Waals surface area contributed by atoms with Gasteiger partial charge in [0, 0.05) is 35.8 Å². The van der Waals surface area contributed by atoms with Gasteiger partial charge in [0.05, 0.1) is 0 Å². The summed E-state index contributed by atoms with van der Waals surface area (Å²) in [5.41, 5.74) is 1.83. The van der Waals surface area contributed by atoms with E-state index < -0.39 is 0 Å². The molecule has 0 aliphatic heterocycles. The van der Waals surface area contributed by atoms with Crippen LogP contribution in [0.15, 0.2) is 30.5 Å². The molecule has 0 atom stereocenters. The Kier molecular flexibility index (Phi) is 3.70. The number of nitrogens with zero attached hydrogens (tertiary/aromatic N) is 1. The maximum absolute atomic E-state index is 12.4. The van der Waals surface area contributed by atoms with Gasteiger partial charge >= 0.3 is 0 Å². The van der Waals surface area contributed by atoms with Crippen LogP contribution in [-0.2, 0) is 0 Å². The summed E-state index contributed by atoms with van der Waals surface area (Å²) in [7, 11) is 1.89. The maximum Gasteiger partial charge on any atom is 0.253 e. The van der Waals surface area contributed by atoms with E-state index in [0.717, 1.165) is 29.3 Å². The fourth-order valence-corrected chi connectivity index (χ4v) is 2.39. The molecule has 1 heterocycles. The van der Waals surface area contributed by atoms with Crippen LogP contribution in [0.25, 0.3) is 10.9 Å². The molecule has 0 unspecified atom stereocenters. The van der Waals surface area contributed by atoms with Crippen LogP contribution in [0.1, 0.15) is 37.0 Å². The Hall–Kier alpha value is -1.77. The van der Waals surface area contributed by atoms with Crippen molar-refractivity contribution in [3.63, 3.8) is 0 Å². The first kappa shape index (κ1) is 12.7. The summed E-state index contributed by atoms with van der Waals surface area (Å²) in [5.74, 6) is 0.104. The van der Waals surface area contributed by atoms with Gasteiger partial charge in [0.15, 0.2) is 0 Å². The first-order valence-corrected chi connectivity index (χ1v) is 6.51. The Labute approximate surface area is 108 Å². The van der Waals surface area contributed by atoms with Gasteiger partial charge < -0.3 is 9.88 Å². The highest BCUT2D eigenvalue weighted by atomic mass is 16.2. The van der Waals surface area contributed by atoms with Gasteiger partial charge in [-0.05, 0) is 37.1 Å². The zero-order valence-electron chi connectivity index (χ0n) is 11.2. The normalized spacial score (nSPS) is 11.1. The fraction of sp³-hybridized carbons (Fsp3) is 0.400. The van der Waals surface area contributed by atoms with Crippen molar-refractivity contribution in [1.29, 1.82) is 0 Å². The molecule has 0 spiro atoms. The second-order valence-corrected chi connectivity index (χ2v) is 4.67. The molecule has 18 heavy (non-hydrogen) atoms. The molecule has 1 N–H and O–H groups in total. The second-order valence-electron chi connectivity index (χ2n) is 4.67. The van der Waals surface area contributed by atoms with E-state index in [1.807, 2.05) is 42.4 Å². The number of carbonyl (C=O) groups excluding carboxylic acids is 1. The van der Waals surface area contributed by atoms with E-state index in [4.69, 9.17) is 0 Å². The highest BCUT2D eigenvalue weighted by Gasteiger charge is 2.18. The molecule has 2 rings (SSSR count). The summed E-state index contributed by atoms with van der Waals surface area (Å²) in [6.45, 7) is 4.24. The lowest BCUT2D eigenvalue weighted by atomic mass is 10.1. The summed E-state index contributed by atoms with van der Waals surface area (Å²) >= 11 is 0. The molecule has 96 valence electrons.